The fourth-order valence-electron chi connectivity index (χ4n) is 2.33. The molecule has 0 radical (unpaired) electrons. The lowest BCUT2D eigenvalue weighted by Gasteiger charge is -2.11. The Morgan fingerprint density at radius 2 is 1.84 bits per heavy atom. The Kier molecular flexibility index (Phi) is 4.38. The molecule has 7 nitrogen and oxygen atoms in total. The molecule has 1 aromatic heterocycles. The van der Waals surface area contributed by atoms with Gasteiger partial charge >= 0.3 is 0 Å². The van der Waals surface area contributed by atoms with Crippen LogP contribution in [0.25, 0.3) is 11.1 Å². The summed E-state index contributed by atoms with van der Waals surface area (Å²) in [7, 11) is 0. The molecule has 0 fully saturated rings. The number of non-ortho nitro benzene ring substituents is 1. The van der Waals surface area contributed by atoms with Crippen LogP contribution in [0.2, 0.25) is 0 Å². The van der Waals surface area contributed by atoms with E-state index in [0.29, 0.717) is 23.3 Å². The first-order chi connectivity index (χ1) is 12.1. The van der Waals surface area contributed by atoms with E-state index < -0.39 is 4.92 Å². The van der Waals surface area contributed by atoms with Crippen LogP contribution in [0.15, 0.2) is 60.9 Å². The van der Waals surface area contributed by atoms with Crippen molar-refractivity contribution in [2.75, 3.05) is 0 Å². The lowest BCUT2D eigenvalue weighted by molar-refractivity contribution is -0.384. The van der Waals surface area contributed by atoms with Crippen LogP contribution in [0.5, 0.6) is 17.2 Å². The molecular weight excluding hydrogens is 324 g/mol. The van der Waals surface area contributed by atoms with Crippen LogP contribution < -0.4 is 4.74 Å². The van der Waals surface area contributed by atoms with E-state index in [1.807, 2.05) is 0 Å². The van der Waals surface area contributed by atoms with Crippen molar-refractivity contribution < 1.29 is 19.6 Å². The summed E-state index contributed by atoms with van der Waals surface area (Å²) < 4.78 is 5.67. The molecule has 0 saturated heterocycles. The number of pyridine rings is 1. The quantitative estimate of drug-likeness (QED) is 0.430. The Balaban J connectivity index is 2.09. The van der Waals surface area contributed by atoms with Gasteiger partial charge in [-0.05, 0) is 29.8 Å². The van der Waals surface area contributed by atoms with Crippen molar-refractivity contribution in [1.82, 2.24) is 4.98 Å². The number of aromatic nitrogens is 1. The summed E-state index contributed by atoms with van der Waals surface area (Å²) in [5.74, 6) is 0.549. The number of nitrogens with zero attached hydrogens (tertiary/aromatic N) is 2. The number of hydrogen-bond acceptors (Lipinski definition) is 6. The second-order valence-electron chi connectivity index (χ2n) is 5.12. The zero-order valence-corrected chi connectivity index (χ0v) is 12.8. The predicted octanol–water partition coefficient (Wildman–Crippen LogP) is 3.97. The number of carbonyl (C=O) groups excluding carboxylic acids is 1. The molecule has 1 heterocycles. The average molecular weight is 336 g/mol. The summed E-state index contributed by atoms with van der Waals surface area (Å²) in [5, 5.41) is 21.3. The van der Waals surface area contributed by atoms with Crippen molar-refractivity contribution in [3.05, 3.63) is 76.6 Å². The van der Waals surface area contributed by atoms with Crippen molar-refractivity contribution in [2.45, 2.75) is 0 Å². The first-order valence-corrected chi connectivity index (χ1v) is 7.23. The van der Waals surface area contributed by atoms with Gasteiger partial charge < -0.3 is 9.84 Å². The lowest BCUT2D eigenvalue weighted by Crippen LogP contribution is -1.92. The van der Waals surface area contributed by atoms with Crippen LogP contribution in [0, 0.1) is 10.1 Å². The van der Waals surface area contributed by atoms with Crippen LogP contribution >= 0.6 is 0 Å². The molecule has 0 aliphatic carbocycles. The molecule has 0 aliphatic rings. The minimum atomic E-state index is -0.529. The van der Waals surface area contributed by atoms with Crippen molar-refractivity contribution in [1.29, 1.82) is 0 Å². The van der Waals surface area contributed by atoms with Gasteiger partial charge in [-0.2, -0.15) is 0 Å². The van der Waals surface area contributed by atoms with Crippen LogP contribution in [0.1, 0.15) is 10.4 Å². The molecular formula is C18H12N2O5. The maximum Gasteiger partial charge on any atom is 0.270 e. The minimum absolute atomic E-state index is 0.0214. The maximum atomic E-state index is 11.3. The monoisotopic (exact) mass is 336 g/mol. The van der Waals surface area contributed by atoms with Gasteiger partial charge in [-0.25, -0.2) is 0 Å². The molecule has 0 saturated carbocycles. The molecule has 2 aromatic carbocycles. The molecule has 0 spiro atoms. The number of carbonyl (C=O) groups is 1. The van der Waals surface area contributed by atoms with Crippen LogP contribution in [-0.4, -0.2) is 21.3 Å². The van der Waals surface area contributed by atoms with Crippen molar-refractivity contribution >= 4 is 12.0 Å². The fraction of sp³-hybridized carbons (Fsp3) is 0. The molecule has 3 aromatic rings. The van der Waals surface area contributed by atoms with Gasteiger partial charge in [0.1, 0.15) is 17.2 Å². The van der Waals surface area contributed by atoms with Crippen molar-refractivity contribution in [2.24, 2.45) is 0 Å². The molecule has 0 amide bonds. The summed E-state index contributed by atoms with van der Waals surface area (Å²) in [6, 6.07) is 12.0. The van der Waals surface area contributed by atoms with Crippen LogP contribution in [0.4, 0.5) is 5.69 Å². The predicted molar refractivity (Wildman–Crippen MR) is 89.9 cm³/mol. The van der Waals surface area contributed by atoms with Gasteiger partial charge in [0.2, 0.25) is 0 Å². The molecule has 3 rings (SSSR count). The molecule has 25 heavy (non-hydrogen) atoms. The molecule has 0 aliphatic heterocycles. The Morgan fingerprint density at radius 3 is 2.52 bits per heavy atom. The van der Waals surface area contributed by atoms with E-state index in [9.17, 15) is 20.0 Å². The van der Waals surface area contributed by atoms with Crippen LogP contribution in [0.3, 0.4) is 0 Å². The third-order valence-corrected chi connectivity index (χ3v) is 3.49. The Morgan fingerprint density at radius 1 is 1.08 bits per heavy atom. The first kappa shape index (κ1) is 16.1. The second kappa shape index (κ2) is 6.79. The SMILES string of the molecule is O=Cc1cc(Oc2ccncc2)cc(-c2cccc([N+](=O)[O-])c2)c1O. The highest BCUT2D eigenvalue weighted by Gasteiger charge is 2.15. The number of nitro groups is 1. The van der Waals surface area contributed by atoms with Gasteiger partial charge in [-0.3, -0.25) is 19.9 Å². The van der Waals surface area contributed by atoms with Crippen molar-refractivity contribution in [3.63, 3.8) is 0 Å². The molecule has 0 bridgehead atoms. The average Bonchev–Trinajstić information content (AvgIpc) is 2.64. The van der Waals surface area contributed by atoms with E-state index >= 15 is 0 Å². The smallest absolute Gasteiger partial charge is 0.270 e. The normalized spacial score (nSPS) is 10.2. The number of aldehydes is 1. The van der Waals surface area contributed by atoms with Gasteiger partial charge in [-0.15, -0.1) is 0 Å². The maximum absolute atomic E-state index is 11.3. The number of nitro benzene ring substituents is 1. The van der Waals surface area contributed by atoms with E-state index in [-0.39, 0.29) is 22.6 Å². The number of benzene rings is 2. The standard InChI is InChI=1S/C18H12N2O5/c21-11-13-9-16(25-15-4-6-19-7-5-15)10-17(18(13)22)12-2-1-3-14(8-12)20(23)24/h1-11,22H. The van der Waals surface area contributed by atoms with Gasteiger partial charge in [0.15, 0.2) is 6.29 Å². The Hall–Kier alpha value is -3.74. The minimum Gasteiger partial charge on any atom is -0.507 e. The highest BCUT2D eigenvalue weighted by molar-refractivity contribution is 5.87. The number of aromatic hydroxyl groups is 1. The number of rotatable bonds is 5. The Bertz CT molecular complexity index is 941. The molecule has 1 N–H and O–H groups in total. The van der Waals surface area contributed by atoms with Crippen molar-refractivity contribution in [3.8, 4) is 28.4 Å². The first-order valence-electron chi connectivity index (χ1n) is 7.23. The summed E-state index contributed by atoms with van der Waals surface area (Å²) in [6.07, 6.45) is 3.60. The molecule has 0 atom stereocenters. The number of phenols is 1. The largest absolute Gasteiger partial charge is 0.507 e. The Labute approximate surface area is 142 Å². The highest BCUT2D eigenvalue weighted by atomic mass is 16.6. The molecule has 124 valence electrons. The lowest BCUT2D eigenvalue weighted by atomic mass is 10.0. The summed E-state index contributed by atoms with van der Waals surface area (Å²) in [6.45, 7) is 0. The van der Waals surface area contributed by atoms with E-state index in [1.165, 1.54) is 30.3 Å². The van der Waals surface area contributed by atoms with Gasteiger partial charge in [0.05, 0.1) is 10.5 Å². The van der Waals surface area contributed by atoms with Gasteiger partial charge in [-0.1, -0.05) is 12.1 Å². The third kappa shape index (κ3) is 3.45. The molecule has 0 unspecified atom stereocenters. The summed E-state index contributed by atoms with van der Waals surface area (Å²) in [4.78, 5) is 25.6. The summed E-state index contributed by atoms with van der Waals surface area (Å²) in [5.41, 5.74) is 0.561. The number of hydrogen-bond donors (Lipinski definition) is 1. The molecule has 7 heteroatoms. The number of phenolic OH excluding ortho intramolecular Hbond substituents is 1. The second-order valence-corrected chi connectivity index (χ2v) is 5.12. The van der Waals surface area contributed by atoms with Gasteiger partial charge in [0, 0.05) is 30.1 Å². The van der Waals surface area contributed by atoms with E-state index in [0.717, 1.165) is 0 Å². The van der Waals surface area contributed by atoms with E-state index in [1.54, 1.807) is 30.6 Å². The van der Waals surface area contributed by atoms with E-state index in [4.69, 9.17) is 4.74 Å². The van der Waals surface area contributed by atoms with Gasteiger partial charge in [0.25, 0.3) is 5.69 Å². The summed E-state index contributed by atoms with van der Waals surface area (Å²) >= 11 is 0. The number of ether oxygens (including phenoxy) is 1. The fourth-order valence-corrected chi connectivity index (χ4v) is 2.33. The highest BCUT2D eigenvalue weighted by Crippen LogP contribution is 2.37. The third-order valence-electron chi connectivity index (χ3n) is 3.49. The van der Waals surface area contributed by atoms with E-state index in [2.05, 4.69) is 4.98 Å². The van der Waals surface area contributed by atoms with Crippen LogP contribution in [-0.2, 0) is 0 Å². The zero-order valence-electron chi connectivity index (χ0n) is 12.8. The zero-order chi connectivity index (χ0) is 17.8. The topological polar surface area (TPSA) is 103 Å².